The van der Waals surface area contributed by atoms with E-state index in [1.165, 1.54) is 6.33 Å². The van der Waals surface area contributed by atoms with Crippen molar-refractivity contribution in [3.05, 3.63) is 33.0 Å². The van der Waals surface area contributed by atoms with Crippen molar-refractivity contribution < 1.29 is 0 Å². The van der Waals surface area contributed by atoms with Gasteiger partial charge in [0.05, 0.1) is 0 Å². The molecule has 2 rings (SSSR count). The van der Waals surface area contributed by atoms with E-state index in [0.717, 1.165) is 12.2 Å². The van der Waals surface area contributed by atoms with Crippen LogP contribution in [0.15, 0.2) is 15.9 Å². The number of H-pyrrole nitrogens is 3. The molecule has 0 saturated heterocycles. The van der Waals surface area contributed by atoms with Gasteiger partial charge >= 0.3 is 5.69 Å². The first-order chi connectivity index (χ1) is 8.25. The summed E-state index contributed by atoms with van der Waals surface area (Å²) in [6, 6.07) is 0. The Morgan fingerprint density at radius 3 is 2.88 bits per heavy atom. The molecule has 4 N–H and O–H groups in total. The Kier molecular flexibility index (Phi) is 3.28. The van der Waals surface area contributed by atoms with Gasteiger partial charge in [0.15, 0.2) is 0 Å². The van der Waals surface area contributed by atoms with Crippen LogP contribution in [-0.4, -0.2) is 36.9 Å². The molecule has 0 radical (unpaired) electrons. The summed E-state index contributed by atoms with van der Waals surface area (Å²) in [5, 5.41) is 15.0. The molecule has 90 valence electrons. The molecule has 0 atom stereocenters. The molecule has 0 fully saturated rings. The van der Waals surface area contributed by atoms with Gasteiger partial charge in [0, 0.05) is 13.0 Å². The molecular weight excluding hydrogens is 226 g/mol. The molecule has 0 aliphatic rings. The van der Waals surface area contributed by atoms with E-state index in [0.29, 0.717) is 13.0 Å². The summed E-state index contributed by atoms with van der Waals surface area (Å²) in [5.74, 6) is 0.886. The van der Waals surface area contributed by atoms with Gasteiger partial charge in [-0.3, -0.25) is 14.9 Å². The van der Waals surface area contributed by atoms with Crippen molar-refractivity contribution in [2.75, 3.05) is 11.9 Å². The van der Waals surface area contributed by atoms with E-state index in [2.05, 4.69) is 35.7 Å². The third-order valence-corrected chi connectivity index (χ3v) is 2.06. The van der Waals surface area contributed by atoms with Crippen molar-refractivity contribution >= 4 is 5.82 Å². The number of aromatic nitrogens is 6. The topological polar surface area (TPSA) is 132 Å². The zero-order valence-electron chi connectivity index (χ0n) is 8.86. The van der Waals surface area contributed by atoms with Gasteiger partial charge in [-0.2, -0.15) is 5.10 Å². The zero-order valence-corrected chi connectivity index (χ0v) is 8.86. The van der Waals surface area contributed by atoms with Crippen molar-refractivity contribution in [3.63, 3.8) is 0 Å². The minimum absolute atomic E-state index is 0.0992. The Morgan fingerprint density at radius 1 is 1.29 bits per heavy atom. The Morgan fingerprint density at radius 2 is 2.18 bits per heavy atom. The Balaban J connectivity index is 1.82. The first-order valence-corrected chi connectivity index (χ1v) is 5.03. The average molecular weight is 237 g/mol. The van der Waals surface area contributed by atoms with Crippen molar-refractivity contribution in [3.8, 4) is 0 Å². The van der Waals surface area contributed by atoms with Crippen LogP contribution in [0.5, 0.6) is 0 Å². The zero-order chi connectivity index (χ0) is 12.1. The number of nitrogens with zero attached hydrogens (tertiary/aromatic N) is 3. The fourth-order valence-electron chi connectivity index (χ4n) is 1.28. The van der Waals surface area contributed by atoms with E-state index < -0.39 is 11.2 Å². The van der Waals surface area contributed by atoms with Gasteiger partial charge in [-0.25, -0.2) is 14.9 Å². The predicted molar refractivity (Wildman–Crippen MR) is 58.7 cm³/mol. The molecule has 9 nitrogen and oxygen atoms in total. The van der Waals surface area contributed by atoms with E-state index >= 15 is 0 Å². The van der Waals surface area contributed by atoms with E-state index in [9.17, 15) is 9.59 Å². The minimum atomic E-state index is -0.623. The monoisotopic (exact) mass is 237 g/mol. The number of aryl methyl sites for hydroxylation is 1. The highest BCUT2D eigenvalue weighted by Crippen LogP contribution is 1.94. The van der Waals surface area contributed by atoms with Crippen LogP contribution in [0.3, 0.4) is 0 Å². The molecule has 0 bridgehead atoms. The van der Waals surface area contributed by atoms with E-state index in [-0.39, 0.29) is 5.82 Å². The number of hydrogen-bond acceptors (Lipinski definition) is 6. The van der Waals surface area contributed by atoms with E-state index in [4.69, 9.17) is 0 Å². The summed E-state index contributed by atoms with van der Waals surface area (Å²) in [7, 11) is 0. The lowest BCUT2D eigenvalue weighted by atomic mass is 10.3. The second-order valence-corrected chi connectivity index (χ2v) is 3.32. The first-order valence-electron chi connectivity index (χ1n) is 5.03. The maximum absolute atomic E-state index is 11.2. The smallest absolute Gasteiger partial charge is 0.342 e. The molecule has 2 aromatic heterocycles. The van der Waals surface area contributed by atoms with Gasteiger partial charge in [0.2, 0.25) is 5.82 Å². The highest BCUT2D eigenvalue weighted by atomic mass is 16.2. The molecule has 9 heteroatoms. The number of anilines is 1. The van der Waals surface area contributed by atoms with Crippen LogP contribution in [0.25, 0.3) is 0 Å². The fraction of sp³-hybridized carbons (Fsp3) is 0.375. The standard InChI is InChI=1S/C8H11N7O2/c16-7-6(14-15-8(17)12-7)9-3-1-2-5-10-4-11-13-5/h4H,1-3H2,(H,9,14)(H,10,11,13)(H2,12,15,16,17). The van der Waals surface area contributed by atoms with Gasteiger partial charge in [0.1, 0.15) is 12.2 Å². The van der Waals surface area contributed by atoms with Crippen molar-refractivity contribution in [1.82, 2.24) is 30.4 Å². The Bertz CT molecular complexity index is 570. The van der Waals surface area contributed by atoms with Crippen LogP contribution < -0.4 is 16.6 Å². The van der Waals surface area contributed by atoms with Crippen LogP contribution in [0, 0.1) is 0 Å². The third-order valence-electron chi connectivity index (χ3n) is 2.06. The van der Waals surface area contributed by atoms with E-state index in [1.54, 1.807) is 0 Å². The van der Waals surface area contributed by atoms with Crippen LogP contribution in [0.4, 0.5) is 5.82 Å². The fourth-order valence-corrected chi connectivity index (χ4v) is 1.28. The highest BCUT2D eigenvalue weighted by Gasteiger charge is 2.01. The lowest BCUT2D eigenvalue weighted by molar-refractivity contribution is 0.794. The molecule has 0 saturated carbocycles. The van der Waals surface area contributed by atoms with Crippen LogP contribution in [0.2, 0.25) is 0 Å². The van der Waals surface area contributed by atoms with Gasteiger partial charge in [-0.05, 0) is 6.42 Å². The normalized spacial score (nSPS) is 10.4. The number of rotatable bonds is 5. The molecule has 0 unspecified atom stereocenters. The molecule has 0 aliphatic heterocycles. The summed E-state index contributed by atoms with van der Waals surface area (Å²) >= 11 is 0. The minimum Gasteiger partial charge on any atom is -0.364 e. The number of aromatic amines is 3. The molecule has 0 aliphatic carbocycles. The SMILES string of the molecule is O=c1[nH]nc(NCCCc2ncn[nH]2)c(=O)[nH]1. The second-order valence-electron chi connectivity index (χ2n) is 3.32. The van der Waals surface area contributed by atoms with Gasteiger partial charge in [0.25, 0.3) is 5.56 Å². The van der Waals surface area contributed by atoms with Gasteiger partial charge in [-0.1, -0.05) is 0 Å². The summed E-state index contributed by atoms with van der Waals surface area (Å²) in [6.07, 6.45) is 2.92. The lowest BCUT2D eigenvalue weighted by Crippen LogP contribution is -2.27. The molecule has 2 heterocycles. The maximum atomic E-state index is 11.2. The molecule has 0 aromatic carbocycles. The third kappa shape index (κ3) is 3.00. The van der Waals surface area contributed by atoms with Crippen molar-refractivity contribution in [1.29, 1.82) is 0 Å². The van der Waals surface area contributed by atoms with Crippen molar-refractivity contribution in [2.24, 2.45) is 0 Å². The summed E-state index contributed by atoms with van der Waals surface area (Å²) in [4.78, 5) is 28.0. The summed E-state index contributed by atoms with van der Waals surface area (Å²) in [5.41, 5.74) is -1.16. The molecule has 2 aromatic rings. The van der Waals surface area contributed by atoms with Crippen LogP contribution in [0.1, 0.15) is 12.2 Å². The Hall–Kier alpha value is -2.45. The Labute approximate surface area is 94.7 Å². The lowest BCUT2D eigenvalue weighted by Gasteiger charge is -2.01. The average Bonchev–Trinajstić information content (AvgIpc) is 2.79. The molecule has 0 spiro atoms. The van der Waals surface area contributed by atoms with E-state index in [1.807, 2.05) is 0 Å². The highest BCUT2D eigenvalue weighted by molar-refractivity contribution is 5.28. The maximum Gasteiger partial charge on any atom is 0.342 e. The number of nitrogens with one attached hydrogen (secondary N) is 4. The molecular formula is C8H11N7O2. The molecule has 17 heavy (non-hydrogen) atoms. The van der Waals surface area contributed by atoms with Crippen molar-refractivity contribution in [2.45, 2.75) is 12.8 Å². The van der Waals surface area contributed by atoms with Crippen LogP contribution in [-0.2, 0) is 6.42 Å². The predicted octanol–water partition coefficient (Wildman–Crippen LogP) is -1.38. The number of hydrogen-bond donors (Lipinski definition) is 4. The quantitative estimate of drug-likeness (QED) is 0.474. The summed E-state index contributed by atoms with van der Waals surface area (Å²) < 4.78 is 0. The largest absolute Gasteiger partial charge is 0.364 e. The molecule has 0 amide bonds. The first kappa shape index (κ1) is 11.0. The summed E-state index contributed by atoms with van der Waals surface area (Å²) in [6.45, 7) is 0.544. The second kappa shape index (κ2) is 5.05. The van der Waals surface area contributed by atoms with Gasteiger partial charge < -0.3 is 5.32 Å². The van der Waals surface area contributed by atoms with Gasteiger partial charge in [-0.15, -0.1) is 5.10 Å². The van der Waals surface area contributed by atoms with Crippen LogP contribution >= 0.6 is 0 Å².